The van der Waals surface area contributed by atoms with Gasteiger partial charge < -0.3 is 45.0 Å². The van der Waals surface area contributed by atoms with Crippen molar-refractivity contribution in [3.8, 4) is 5.75 Å². The normalized spacial score (nSPS) is 16.7. The predicted molar refractivity (Wildman–Crippen MR) is 163 cm³/mol. The second kappa shape index (κ2) is 19.3. The number of unbranched alkanes of at least 4 members (excludes halogenated alkanes) is 2. The number of hydrogen-bond acceptors (Lipinski definition) is 9. The summed E-state index contributed by atoms with van der Waals surface area (Å²) >= 11 is 0. The van der Waals surface area contributed by atoms with E-state index in [1.165, 1.54) is 18.1 Å². The van der Waals surface area contributed by atoms with Gasteiger partial charge in [0.1, 0.15) is 11.6 Å². The molecular weight excluding hydrogens is 522 g/mol. The van der Waals surface area contributed by atoms with Crippen LogP contribution in [0.15, 0.2) is 35.5 Å². The predicted octanol–water partition coefficient (Wildman–Crippen LogP) is 1.85. The number of amidine groups is 1. The van der Waals surface area contributed by atoms with E-state index in [1.807, 2.05) is 6.07 Å². The maximum absolute atomic E-state index is 6.23. The highest BCUT2D eigenvalue weighted by molar-refractivity contribution is 5.84. The molecule has 1 aliphatic heterocycles. The fraction of sp³-hybridized carbons (Fsp3) is 0.581. The van der Waals surface area contributed by atoms with Crippen LogP contribution in [0.2, 0.25) is 0 Å². The molecule has 0 bridgehead atoms. The number of aliphatic imine (C=N–C) groups is 1. The maximum atomic E-state index is 6.23. The van der Waals surface area contributed by atoms with Gasteiger partial charge in [-0.05, 0) is 35.8 Å². The van der Waals surface area contributed by atoms with Crippen molar-refractivity contribution in [1.29, 1.82) is 0 Å². The first-order valence-electron chi connectivity index (χ1n) is 14.8. The third-order valence-corrected chi connectivity index (χ3v) is 6.65. The first-order valence-corrected chi connectivity index (χ1v) is 14.8. The number of nitrogens with two attached hydrogens (primary N) is 2. The van der Waals surface area contributed by atoms with Crippen LogP contribution in [0.3, 0.4) is 0 Å². The minimum absolute atomic E-state index is 0.483. The van der Waals surface area contributed by atoms with E-state index in [1.54, 1.807) is 7.11 Å². The zero-order valence-electron chi connectivity index (χ0n) is 24.9. The molecule has 10 heteroatoms. The molecule has 0 saturated carbocycles. The first-order chi connectivity index (χ1) is 20.2. The number of rotatable bonds is 21. The molecular formula is C31H49N5O5. The molecule has 3 rings (SSSR count). The molecule has 0 spiro atoms. The number of nitrogens with one attached hydrogen (secondary N) is 1. The van der Waals surface area contributed by atoms with Crippen LogP contribution in [0, 0.1) is 0 Å². The van der Waals surface area contributed by atoms with Gasteiger partial charge in [-0.1, -0.05) is 38.0 Å². The van der Waals surface area contributed by atoms with E-state index in [4.69, 9.17) is 40.1 Å². The lowest BCUT2D eigenvalue weighted by atomic mass is 10.1. The van der Waals surface area contributed by atoms with Crippen LogP contribution in [0.1, 0.15) is 50.2 Å². The SMILES string of the molecule is CCCCCNC1=c2/c(ccn2Cc2ccc(COCCOCCOCCOCCN)cc2OC)=C\CC/C(N)=N\1. The van der Waals surface area contributed by atoms with Gasteiger partial charge in [0.25, 0.3) is 0 Å². The maximum Gasteiger partial charge on any atom is 0.152 e. The van der Waals surface area contributed by atoms with Gasteiger partial charge in [0.15, 0.2) is 5.82 Å². The molecule has 1 aliphatic rings. The number of aromatic nitrogens is 1. The molecule has 1 aromatic heterocycles. The van der Waals surface area contributed by atoms with E-state index in [-0.39, 0.29) is 0 Å². The van der Waals surface area contributed by atoms with E-state index in [0.29, 0.717) is 71.8 Å². The topological polar surface area (TPSA) is 128 Å². The van der Waals surface area contributed by atoms with Gasteiger partial charge in [-0.2, -0.15) is 0 Å². The highest BCUT2D eigenvalue weighted by atomic mass is 16.6. The molecule has 0 aliphatic carbocycles. The second-order valence-electron chi connectivity index (χ2n) is 9.90. The Kier molecular flexibility index (Phi) is 15.3. The van der Waals surface area contributed by atoms with Gasteiger partial charge in [-0.15, -0.1) is 0 Å². The monoisotopic (exact) mass is 571 g/mol. The van der Waals surface area contributed by atoms with Gasteiger partial charge in [-0.25, -0.2) is 4.99 Å². The summed E-state index contributed by atoms with van der Waals surface area (Å²) in [6.45, 7) is 8.45. The number of fused-ring (bicyclic) bond motifs is 1. The lowest BCUT2D eigenvalue weighted by Crippen LogP contribution is -2.37. The minimum atomic E-state index is 0.483. The number of ether oxygens (including phenoxy) is 5. The Morgan fingerprint density at radius 3 is 2.39 bits per heavy atom. The van der Waals surface area contributed by atoms with Gasteiger partial charge in [0.05, 0.1) is 71.9 Å². The molecule has 0 atom stereocenters. The van der Waals surface area contributed by atoms with Crippen molar-refractivity contribution >= 4 is 17.7 Å². The Morgan fingerprint density at radius 2 is 1.68 bits per heavy atom. The van der Waals surface area contributed by atoms with Crippen LogP contribution in [0.5, 0.6) is 5.75 Å². The summed E-state index contributed by atoms with van der Waals surface area (Å²) in [7, 11) is 1.70. The van der Waals surface area contributed by atoms with E-state index in [9.17, 15) is 0 Å². The lowest BCUT2D eigenvalue weighted by molar-refractivity contribution is -0.00336. The zero-order valence-corrected chi connectivity index (χ0v) is 24.9. The fourth-order valence-corrected chi connectivity index (χ4v) is 4.52. The fourth-order valence-electron chi connectivity index (χ4n) is 4.52. The third kappa shape index (κ3) is 11.5. The van der Waals surface area contributed by atoms with Crippen LogP contribution in [-0.2, 0) is 32.1 Å². The molecule has 1 aromatic carbocycles. The molecule has 228 valence electrons. The molecule has 41 heavy (non-hydrogen) atoms. The summed E-state index contributed by atoms with van der Waals surface area (Å²) in [5, 5.41) is 5.79. The van der Waals surface area contributed by atoms with Crippen LogP contribution in [-0.4, -0.2) is 76.9 Å². The summed E-state index contributed by atoms with van der Waals surface area (Å²) in [4.78, 5) is 4.77. The average molecular weight is 572 g/mol. The molecule has 0 unspecified atom stereocenters. The Bertz CT molecular complexity index is 1180. The Labute approximate surface area is 244 Å². The van der Waals surface area contributed by atoms with E-state index < -0.39 is 0 Å². The molecule has 0 radical (unpaired) electrons. The Morgan fingerprint density at radius 1 is 0.951 bits per heavy atom. The first kappa shape index (κ1) is 32.6. The van der Waals surface area contributed by atoms with Crippen LogP contribution in [0.25, 0.3) is 11.9 Å². The quantitative estimate of drug-likeness (QED) is 0.194. The molecule has 2 heterocycles. The van der Waals surface area contributed by atoms with Crippen molar-refractivity contribution < 1.29 is 23.7 Å². The third-order valence-electron chi connectivity index (χ3n) is 6.65. The van der Waals surface area contributed by atoms with E-state index in [0.717, 1.165) is 53.9 Å². The molecule has 5 N–H and O–H groups in total. The highest BCUT2D eigenvalue weighted by Crippen LogP contribution is 2.21. The molecule has 0 saturated heterocycles. The van der Waals surface area contributed by atoms with E-state index >= 15 is 0 Å². The van der Waals surface area contributed by atoms with Gasteiger partial charge >= 0.3 is 0 Å². The smallest absolute Gasteiger partial charge is 0.152 e. The van der Waals surface area contributed by atoms with Crippen molar-refractivity contribution in [2.24, 2.45) is 16.5 Å². The van der Waals surface area contributed by atoms with Crippen molar-refractivity contribution in [3.63, 3.8) is 0 Å². The van der Waals surface area contributed by atoms with Crippen molar-refractivity contribution in [3.05, 3.63) is 52.2 Å². The zero-order chi connectivity index (χ0) is 29.1. The minimum Gasteiger partial charge on any atom is -0.496 e. The van der Waals surface area contributed by atoms with Gasteiger partial charge in [0, 0.05) is 31.3 Å². The summed E-state index contributed by atoms with van der Waals surface area (Å²) in [5.74, 6) is 2.32. The van der Waals surface area contributed by atoms with Crippen molar-refractivity contribution in [2.45, 2.75) is 52.2 Å². The number of hydrogen-bond donors (Lipinski definition) is 3. The van der Waals surface area contributed by atoms with Gasteiger partial charge in [-0.3, -0.25) is 0 Å². The van der Waals surface area contributed by atoms with Crippen LogP contribution in [0.4, 0.5) is 0 Å². The largest absolute Gasteiger partial charge is 0.496 e. The molecule has 10 nitrogen and oxygen atoms in total. The summed E-state index contributed by atoms with van der Waals surface area (Å²) in [6.07, 6.45) is 9.44. The van der Waals surface area contributed by atoms with Crippen LogP contribution < -0.4 is 32.1 Å². The van der Waals surface area contributed by atoms with Crippen LogP contribution >= 0.6 is 0 Å². The average Bonchev–Trinajstić information content (AvgIpc) is 3.36. The standard InChI is InChI=1S/C31H49N5O5/c1-3-4-5-13-34-31-30-26(7-6-8-29(33)35-31)11-14-36(30)23-27-10-9-25(22-28(27)37-2)24-41-21-20-40-19-18-39-17-16-38-15-12-32/h7,9-11,14,22,34H,3-6,8,12-13,15-21,23-24,32H2,1-2H3,(H2,33,35)/b26-7-,31-30+. The molecule has 0 amide bonds. The number of methoxy groups -OCH3 is 1. The lowest BCUT2D eigenvalue weighted by Gasteiger charge is -2.14. The number of nitrogens with zero attached hydrogens (tertiary/aromatic N) is 2. The summed E-state index contributed by atoms with van der Waals surface area (Å²) in [6, 6.07) is 8.39. The second-order valence-corrected chi connectivity index (χ2v) is 9.90. The summed E-state index contributed by atoms with van der Waals surface area (Å²) in [5.41, 5.74) is 13.7. The molecule has 2 aromatic rings. The Balaban J connectivity index is 1.55. The summed E-state index contributed by atoms with van der Waals surface area (Å²) < 4.78 is 30.1. The molecule has 0 fully saturated rings. The van der Waals surface area contributed by atoms with Gasteiger partial charge in [0.2, 0.25) is 0 Å². The van der Waals surface area contributed by atoms with E-state index in [2.05, 4.69) is 47.3 Å². The Hall–Kier alpha value is -2.89. The van der Waals surface area contributed by atoms with Crippen molar-refractivity contribution in [1.82, 2.24) is 9.88 Å². The number of benzene rings is 1. The highest BCUT2D eigenvalue weighted by Gasteiger charge is 2.11. The van der Waals surface area contributed by atoms with Crippen molar-refractivity contribution in [2.75, 3.05) is 66.4 Å².